The molecular formula is C4F6NiO4. The smallest absolute Gasteiger partial charge is 0.542 e. The maximum Gasteiger partial charge on any atom is 2.00 e. The fraction of sp³-hybridized carbons (Fsp3) is 0.500. The van der Waals surface area contributed by atoms with Crippen molar-refractivity contribution in [2.75, 3.05) is 0 Å². The first-order valence-electron chi connectivity index (χ1n) is 2.45. The second-order valence-corrected chi connectivity index (χ2v) is 1.57. The molecule has 0 radical (unpaired) electrons. The molecule has 0 aromatic carbocycles. The summed E-state index contributed by atoms with van der Waals surface area (Å²) < 4.78 is 63.1. The Bertz CT molecular complexity index is 196. The molecule has 0 rings (SSSR count). The number of carboxylic acid groups (broad SMARTS) is 2. The Morgan fingerprint density at radius 2 is 0.800 bits per heavy atom. The van der Waals surface area contributed by atoms with Crippen LogP contribution in [0, 0.1) is 0 Å². The van der Waals surface area contributed by atoms with Crippen LogP contribution in [0.5, 0.6) is 0 Å². The molecular weight excluding hydrogens is 285 g/mol. The van der Waals surface area contributed by atoms with Crippen LogP contribution in [0.3, 0.4) is 0 Å². The van der Waals surface area contributed by atoms with Gasteiger partial charge in [-0.3, -0.25) is 0 Å². The van der Waals surface area contributed by atoms with Crippen molar-refractivity contribution in [2.45, 2.75) is 12.4 Å². The van der Waals surface area contributed by atoms with Gasteiger partial charge in [-0.15, -0.1) is 0 Å². The van der Waals surface area contributed by atoms with E-state index in [-0.39, 0.29) is 16.5 Å². The zero-order valence-electron chi connectivity index (χ0n) is 6.22. The first-order chi connectivity index (χ1) is 5.89. The molecule has 0 aromatic heterocycles. The van der Waals surface area contributed by atoms with Crippen LogP contribution in [0.2, 0.25) is 0 Å². The SMILES string of the molecule is O=C([O-])C(F)(F)F.O=C([O-])C(F)(F)F.[Ni+2]. The van der Waals surface area contributed by atoms with Gasteiger partial charge >= 0.3 is 28.8 Å². The van der Waals surface area contributed by atoms with Crippen LogP contribution in [0.15, 0.2) is 0 Å². The summed E-state index contributed by atoms with van der Waals surface area (Å²) in [7, 11) is 0. The third-order valence-electron chi connectivity index (χ3n) is 0.463. The second-order valence-electron chi connectivity index (χ2n) is 1.57. The van der Waals surface area contributed by atoms with Gasteiger partial charge in [-0.05, 0) is 0 Å². The molecule has 11 heteroatoms. The topological polar surface area (TPSA) is 80.3 Å². The fourth-order valence-corrected chi connectivity index (χ4v) is 0. The van der Waals surface area contributed by atoms with E-state index in [1.54, 1.807) is 0 Å². The Morgan fingerprint density at radius 3 is 0.800 bits per heavy atom. The monoisotopic (exact) mass is 284 g/mol. The predicted octanol–water partition coefficient (Wildman–Crippen LogP) is -1.41. The van der Waals surface area contributed by atoms with E-state index in [0.29, 0.717) is 0 Å². The number of carbonyl (C=O) groups is 2. The summed E-state index contributed by atoms with van der Waals surface area (Å²) in [4.78, 5) is 17.6. The third-order valence-corrected chi connectivity index (χ3v) is 0.463. The first-order valence-corrected chi connectivity index (χ1v) is 2.45. The van der Waals surface area contributed by atoms with Crippen molar-refractivity contribution in [2.24, 2.45) is 0 Å². The van der Waals surface area contributed by atoms with Crippen molar-refractivity contribution in [3.05, 3.63) is 0 Å². The van der Waals surface area contributed by atoms with Gasteiger partial charge in [0, 0.05) is 0 Å². The summed E-state index contributed by atoms with van der Waals surface area (Å²) in [6, 6.07) is 0. The van der Waals surface area contributed by atoms with Gasteiger partial charge in [0.05, 0.1) is 0 Å². The quantitative estimate of drug-likeness (QED) is 0.404. The maximum atomic E-state index is 10.5. The van der Waals surface area contributed by atoms with E-state index in [4.69, 9.17) is 19.8 Å². The molecule has 15 heavy (non-hydrogen) atoms. The van der Waals surface area contributed by atoms with Gasteiger partial charge in [0.15, 0.2) is 0 Å². The average molecular weight is 285 g/mol. The van der Waals surface area contributed by atoms with Crippen LogP contribution in [0.25, 0.3) is 0 Å². The minimum absolute atomic E-state index is 0. The zero-order valence-corrected chi connectivity index (χ0v) is 7.20. The van der Waals surface area contributed by atoms with Gasteiger partial charge in [0.2, 0.25) is 0 Å². The molecule has 0 aliphatic rings. The number of carbonyl (C=O) groups excluding carboxylic acids is 2. The summed E-state index contributed by atoms with van der Waals surface area (Å²) in [5.74, 6) is -6.01. The van der Waals surface area contributed by atoms with E-state index in [1.165, 1.54) is 0 Å². The molecule has 0 unspecified atom stereocenters. The Hall–Kier alpha value is -0.986. The molecule has 0 aromatic rings. The summed E-state index contributed by atoms with van der Waals surface area (Å²) in [6.07, 6.45) is -10.4. The van der Waals surface area contributed by atoms with Crippen molar-refractivity contribution >= 4 is 11.9 Å². The summed E-state index contributed by atoms with van der Waals surface area (Å²) in [6.45, 7) is 0. The Morgan fingerprint density at radius 1 is 0.733 bits per heavy atom. The van der Waals surface area contributed by atoms with Crippen molar-refractivity contribution in [3.63, 3.8) is 0 Å². The van der Waals surface area contributed by atoms with Crippen LogP contribution in [-0.2, 0) is 26.1 Å². The van der Waals surface area contributed by atoms with Crippen LogP contribution < -0.4 is 10.2 Å². The number of hydrogen-bond donors (Lipinski definition) is 0. The van der Waals surface area contributed by atoms with Crippen molar-refractivity contribution in [3.8, 4) is 0 Å². The van der Waals surface area contributed by atoms with Gasteiger partial charge < -0.3 is 19.8 Å². The molecule has 0 heterocycles. The molecule has 92 valence electrons. The Kier molecular flexibility index (Phi) is 8.46. The summed E-state index contributed by atoms with van der Waals surface area (Å²) in [5, 5.41) is 17.6. The van der Waals surface area contributed by atoms with Crippen LogP contribution in [-0.4, -0.2) is 24.3 Å². The number of halogens is 6. The van der Waals surface area contributed by atoms with E-state index in [1.807, 2.05) is 0 Å². The summed E-state index contributed by atoms with van der Waals surface area (Å²) in [5.41, 5.74) is 0. The van der Waals surface area contributed by atoms with E-state index in [9.17, 15) is 26.3 Å². The number of rotatable bonds is 0. The molecule has 0 atom stereocenters. The largest absolute Gasteiger partial charge is 2.00 e. The molecule has 0 saturated heterocycles. The first kappa shape index (κ1) is 19.6. The van der Waals surface area contributed by atoms with Gasteiger partial charge in [0.25, 0.3) is 0 Å². The number of carboxylic acids is 2. The third kappa shape index (κ3) is 13.0. The minimum Gasteiger partial charge on any atom is -0.542 e. The molecule has 0 amide bonds. The van der Waals surface area contributed by atoms with Gasteiger partial charge in [-0.25, -0.2) is 0 Å². The van der Waals surface area contributed by atoms with E-state index in [2.05, 4.69) is 0 Å². The summed E-state index contributed by atoms with van der Waals surface area (Å²) >= 11 is 0. The normalized spacial score (nSPS) is 10.5. The average Bonchev–Trinajstić information content (AvgIpc) is 1.83. The molecule has 4 nitrogen and oxygen atoms in total. The van der Waals surface area contributed by atoms with E-state index in [0.717, 1.165) is 0 Å². The second kappa shape index (κ2) is 6.49. The van der Waals surface area contributed by atoms with Crippen LogP contribution in [0.4, 0.5) is 26.3 Å². The molecule has 0 spiro atoms. The number of hydrogen-bond acceptors (Lipinski definition) is 4. The molecule has 0 N–H and O–H groups in total. The fourth-order valence-electron chi connectivity index (χ4n) is 0. The van der Waals surface area contributed by atoms with Gasteiger partial charge in [0.1, 0.15) is 11.9 Å². The standard InChI is InChI=1S/2C2HF3O2.Ni/c2*3-2(4,5)1(6)7;/h2*(H,6,7);/q;;+2/p-2. The maximum absolute atomic E-state index is 10.5. The predicted molar refractivity (Wildman–Crippen MR) is 22.1 cm³/mol. The zero-order chi connectivity index (χ0) is 12.2. The van der Waals surface area contributed by atoms with Gasteiger partial charge in [-0.2, -0.15) is 26.3 Å². The molecule has 0 aliphatic carbocycles. The Labute approximate surface area is 87.8 Å². The van der Waals surface area contributed by atoms with Gasteiger partial charge in [-0.1, -0.05) is 0 Å². The Balaban J connectivity index is -0.000000180. The number of aliphatic carboxylic acids is 2. The van der Waals surface area contributed by atoms with E-state index < -0.39 is 24.3 Å². The van der Waals surface area contributed by atoms with Crippen LogP contribution >= 0.6 is 0 Å². The van der Waals surface area contributed by atoms with Crippen molar-refractivity contribution in [1.82, 2.24) is 0 Å². The van der Waals surface area contributed by atoms with E-state index >= 15 is 0 Å². The van der Waals surface area contributed by atoms with Crippen molar-refractivity contribution < 1.29 is 62.6 Å². The molecule has 0 aliphatic heterocycles. The molecule has 0 bridgehead atoms. The number of alkyl halides is 6. The van der Waals surface area contributed by atoms with Crippen LogP contribution in [0.1, 0.15) is 0 Å². The van der Waals surface area contributed by atoms with Crippen molar-refractivity contribution in [1.29, 1.82) is 0 Å². The molecule has 0 fully saturated rings. The minimum atomic E-state index is -5.19. The molecule has 0 saturated carbocycles.